The number of para-hydroxylation sites is 1. The number of carbonyl (C=O) groups is 1. The van der Waals surface area contributed by atoms with Gasteiger partial charge in [0.1, 0.15) is 10.7 Å². The molecule has 6 nitrogen and oxygen atoms in total. The first kappa shape index (κ1) is 22.2. The van der Waals surface area contributed by atoms with Gasteiger partial charge in [0.25, 0.3) is 5.91 Å². The summed E-state index contributed by atoms with van der Waals surface area (Å²) < 4.78 is 41.2. The molecule has 1 amide bonds. The zero-order valence-electron chi connectivity index (χ0n) is 18.3. The molecule has 0 saturated carbocycles. The molecular weight excluding hydrogens is 453 g/mol. The number of fused-ring (bicyclic) bond motifs is 1. The van der Waals surface area contributed by atoms with Gasteiger partial charge in [-0.1, -0.05) is 60.7 Å². The summed E-state index contributed by atoms with van der Waals surface area (Å²) in [6.45, 7) is 0.613. The van der Waals surface area contributed by atoms with Gasteiger partial charge in [-0.2, -0.15) is 4.31 Å². The lowest BCUT2D eigenvalue weighted by Gasteiger charge is -2.34. The molecule has 1 aliphatic heterocycles. The average molecular weight is 476 g/mol. The summed E-state index contributed by atoms with van der Waals surface area (Å²) in [6.07, 6.45) is 0. The van der Waals surface area contributed by atoms with E-state index in [4.69, 9.17) is 4.98 Å². The lowest BCUT2D eigenvalue weighted by atomic mass is 10.0. The second kappa shape index (κ2) is 8.96. The molecular formula is C26H22FN3O3S. The lowest BCUT2D eigenvalue weighted by Crippen LogP contribution is -2.50. The van der Waals surface area contributed by atoms with Crippen LogP contribution in [0.1, 0.15) is 10.4 Å². The summed E-state index contributed by atoms with van der Waals surface area (Å²) in [5, 5.41) is 0.744. The minimum absolute atomic E-state index is 0.0942. The van der Waals surface area contributed by atoms with E-state index in [1.165, 1.54) is 22.5 Å². The summed E-state index contributed by atoms with van der Waals surface area (Å²) in [5.41, 5.74) is 2.84. The predicted molar refractivity (Wildman–Crippen MR) is 128 cm³/mol. The van der Waals surface area contributed by atoms with E-state index in [0.29, 0.717) is 16.8 Å². The third kappa shape index (κ3) is 4.06. The number of nitrogens with zero attached hydrogens (tertiary/aromatic N) is 3. The fourth-order valence-corrected chi connectivity index (χ4v) is 5.69. The molecule has 34 heavy (non-hydrogen) atoms. The summed E-state index contributed by atoms with van der Waals surface area (Å²) in [4.78, 5) is 19.6. The first-order valence-electron chi connectivity index (χ1n) is 10.9. The van der Waals surface area contributed by atoms with Crippen molar-refractivity contribution in [1.82, 2.24) is 14.2 Å². The monoisotopic (exact) mass is 475 g/mol. The van der Waals surface area contributed by atoms with Crippen LogP contribution in [0.2, 0.25) is 0 Å². The molecule has 1 aliphatic rings. The molecule has 2 heterocycles. The molecule has 0 atom stereocenters. The van der Waals surface area contributed by atoms with Gasteiger partial charge in [0, 0.05) is 37.1 Å². The molecule has 1 fully saturated rings. The van der Waals surface area contributed by atoms with E-state index in [1.54, 1.807) is 11.0 Å². The second-order valence-corrected chi connectivity index (χ2v) is 9.97. The second-order valence-electron chi connectivity index (χ2n) is 8.06. The van der Waals surface area contributed by atoms with Crippen LogP contribution in [0.5, 0.6) is 0 Å². The number of sulfonamides is 1. The molecule has 4 aromatic rings. The fourth-order valence-electron chi connectivity index (χ4n) is 4.20. The maximum atomic E-state index is 14.1. The highest BCUT2D eigenvalue weighted by Crippen LogP contribution is 2.27. The number of aromatic nitrogens is 1. The van der Waals surface area contributed by atoms with Gasteiger partial charge < -0.3 is 4.90 Å². The molecule has 1 saturated heterocycles. The molecule has 5 rings (SSSR count). The molecule has 0 N–H and O–H groups in total. The minimum atomic E-state index is -3.97. The Kier molecular flexibility index (Phi) is 5.85. The van der Waals surface area contributed by atoms with Gasteiger partial charge in [0.2, 0.25) is 10.0 Å². The third-order valence-corrected chi connectivity index (χ3v) is 7.93. The summed E-state index contributed by atoms with van der Waals surface area (Å²) in [7, 11) is -3.97. The van der Waals surface area contributed by atoms with Gasteiger partial charge in [0.05, 0.1) is 16.8 Å². The van der Waals surface area contributed by atoms with Gasteiger partial charge in [-0.25, -0.2) is 17.8 Å². The zero-order chi connectivity index (χ0) is 23.7. The van der Waals surface area contributed by atoms with E-state index in [1.807, 2.05) is 54.6 Å². The number of rotatable bonds is 4. The van der Waals surface area contributed by atoms with E-state index in [0.717, 1.165) is 17.0 Å². The molecule has 0 unspecified atom stereocenters. The van der Waals surface area contributed by atoms with Crippen molar-refractivity contribution in [3.8, 4) is 11.3 Å². The highest BCUT2D eigenvalue weighted by atomic mass is 32.2. The zero-order valence-corrected chi connectivity index (χ0v) is 19.1. The number of halogens is 1. The molecule has 0 bridgehead atoms. The van der Waals surface area contributed by atoms with Gasteiger partial charge in [-0.05, 0) is 24.3 Å². The molecule has 0 radical (unpaired) electrons. The van der Waals surface area contributed by atoms with Crippen molar-refractivity contribution in [1.29, 1.82) is 0 Å². The van der Waals surface area contributed by atoms with E-state index in [-0.39, 0.29) is 37.0 Å². The van der Waals surface area contributed by atoms with E-state index >= 15 is 0 Å². The van der Waals surface area contributed by atoms with Crippen LogP contribution < -0.4 is 0 Å². The van der Waals surface area contributed by atoms with Crippen LogP contribution in [-0.4, -0.2) is 54.7 Å². The topological polar surface area (TPSA) is 70.6 Å². The van der Waals surface area contributed by atoms with Crippen molar-refractivity contribution in [2.45, 2.75) is 4.90 Å². The number of amides is 1. The van der Waals surface area contributed by atoms with Crippen molar-refractivity contribution in [2.24, 2.45) is 0 Å². The largest absolute Gasteiger partial charge is 0.336 e. The summed E-state index contributed by atoms with van der Waals surface area (Å²) in [6, 6.07) is 24.3. The number of hydrogen-bond donors (Lipinski definition) is 0. The number of carbonyl (C=O) groups excluding carboxylic acids is 1. The quantitative estimate of drug-likeness (QED) is 0.444. The fraction of sp³-hybridized carbons (Fsp3) is 0.154. The Morgan fingerprint density at radius 3 is 2.21 bits per heavy atom. The molecule has 0 aliphatic carbocycles. The van der Waals surface area contributed by atoms with E-state index in [9.17, 15) is 17.6 Å². The minimum Gasteiger partial charge on any atom is -0.336 e. The Morgan fingerprint density at radius 2 is 1.47 bits per heavy atom. The van der Waals surface area contributed by atoms with Gasteiger partial charge in [-0.15, -0.1) is 0 Å². The van der Waals surface area contributed by atoms with Crippen molar-refractivity contribution < 1.29 is 17.6 Å². The first-order valence-corrected chi connectivity index (χ1v) is 12.4. The van der Waals surface area contributed by atoms with Crippen molar-refractivity contribution >= 4 is 26.8 Å². The Morgan fingerprint density at radius 1 is 0.824 bits per heavy atom. The van der Waals surface area contributed by atoms with Crippen LogP contribution >= 0.6 is 0 Å². The van der Waals surface area contributed by atoms with Gasteiger partial charge in [0.15, 0.2) is 0 Å². The van der Waals surface area contributed by atoms with Crippen molar-refractivity contribution in [2.75, 3.05) is 26.2 Å². The molecule has 1 aromatic heterocycles. The van der Waals surface area contributed by atoms with Crippen LogP contribution in [0.3, 0.4) is 0 Å². The van der Waals surface area contributed by atoms with Crippen LogP contribution in [0.15, 0.2) is 89.8 Å². The van der Waals surface area contributed by atoms with Crippen LogP contribution in [0, 0.1) is 5.82 Å². The number of benzene rings is 3. The molecule has 0 spiro atoms. The summed E-state index contributed by atoms with van der Waals surface area (Å²) in [5.74, 6) is -0.962. The average Bonchev–Trinajstić information content (AvgIpc) is 2.88. The number of pyridine rings is 1. The molecule has 172 valence electrons. The predicted octanol–water partition coefficient (Wildman–Crippen LogP) is 4.19. The SMILES string of the molecule is O=C(c1cc(-c2ccccc2)nc2ccccc12)N1CCN(S(=O)(=O)c2ccccc2F)CC1. The Bertz CT molecular complexity index is 1470. The van der Waals surface area contributed by atoms with Gasteiger partial charge >= 0.3 is 0 Å². The van der Waals surface area contributed by atoms with E-state index in [2.05, 4.69) is 0 Å². The van der Waals surface area contributed by atoms with Crippen LogP contribution in [0.25, 0.3) is 22.2 Å². The normalized spacial score (nSPS) is 14.9. The number of piperazine rings is 1. The molecule has 8 heteroatoms. The number of hydrogen-bond acceptors (Lipinski definition) is 4. The van der Waals surface area contributed by atoms with E-state index < -0.39 is 15.8 Å². The van der Waals surface area contributed by atoms with Crippen LogP contribution in [-0.2, 0) is 10.0 Å². The first-order chi connectivity index (χ1) is 16.4. The smallest absolute Gasteiger partial charge is 0.254 e. The highest BCUT2D eigenvalue weighted by molar-refractivity contribution is 7.89. The van der Waals surface area contributed by atoms with Gasteiger partial charge in [-0.3, -0.25) is 4.79 Å². The Labute approximate surface area is 197 Å². The third-order valence-electron chi connectivity index (χ3n) is 6.00. The van der Waals surface area contributed by atoms with Crippen molar-refractivity contribution in [3.05, 3.63) is 96.3 Å². The van der Waals surface area contributed by atoms with Crippen molar-refractivity contribution in [3.63, 3.8) is 0 Å². The summed E-state index contributed by atoms with van der Waals surface area (Å²) >= 11 is 0. The Balaban J connectivity index is 1.42. The lowest BCUT2D eigenvalue weighted by molar-refractivity contribution is 0.0699. The maximum Gasteiger partial charge on any atom is 0.254 e. The maximum absolute atomic E-state index is 14.1. The Hall–Kier alpha value is -3.62. The standard InChI is InChI=1S/C26H22FN3O3S/c27-22-11-5-7-13-25(22)34(32,33)30-16-14-29(15-17-30)26(31)21-18-24(19-8-2-1-3-9-19)28-23-12-6-4-10-20(21)23/h1-13,18H,14-17H2. The molecule has 3 aromatic carbocycles. The highest BCUT2D eigenvalue weighted by Gasteiger charge is 2.32. The van der Waals surface area contributed by atoms with Crippen LogP contribution in [0.4, 0.5) is 4.39 Å².